The van der Waals surface area contributed by atoms with E-state index in [0.717, 1.165) is 25.8 Å². The number of hydrogen-bond acceptors (Lipinski definition) is 1. The molecule has 15 heavy (non-hydrogen) atoms. The van der Waals surface area contributed by atoms with Crippen LogP contribution in [0, 0.1) is 0 Å². The van der Waals surface area contributed by atoms with Crippen molar-refractivity contribution in [3.63, 3.8) is 0 Å². The number of rotatable bonds is 5. The minimum absolute atomic E-state index is 0.115. The Morgan fingerprint density at radius 3 is 2.60 bits per heavy atom. The van der Waals surface area contributed by atoms with Crippen molar-refractivity contribution >= 4 is 28.9 Å². The third-order valence-electron chi connectivity index (χ3n) is 2.11. The van der Waals surface area contributed by atoms with Crippen LogP contribution >= 0.6 is 22.9 Å². The van der Waals surface area contributed by atoms with Crippen molar-refractivity contribution in [3.8, 4) is 0 Å². The summed E-state index contributed by atoms with van der Waals surface area (Å²) >= 11 is 1.82. The fraction of sp³-hybridized carbons (Fsp3) is 0.364. The summed E-state index contributed by atoms with van der Waals surface area (Å²) in [6.07, 6.45) is 3.19. The summed E-state index contributed by atoms with van der Waals surface area (Å²) in [5.41, 5.74) is 1.36. The van der Waals surface area contributed by atoms with Gasteiger partial charge in [-0.2, -0.15) is 0 Å². The third-order valence-corrected chi connectivity index (χ3v) is 2.60. The van der Waals surface area contributed by atoms with Crippen LogP contribution in [-0.4, -0.2) is 12.6 Å². The summed E-state index contributed by atoms with van der Waals surface area (Å²) in [7, 11) is 0. The molecule has 2 N–H and O–H groups in total. The topological polar surface area (TPSA) is 41.1 Å². The first kappa shape index (κ1) is 12.3. The summed E-state index contributed by atoms with van der Waals surface area (Å²) in [5, 5.41) is 2.76. The van der Waals surface area contributed by atoms with Gasteiger partial charge in [-0.25, -0.2) is 4.79 Å². The Balaban J connectivity index is 2.05. The van der Waals surface area contributed by atoms with Gasteiger partial charge >= 0.3 is 6.03 Å². The maximum Gasteiger partial charge on any atom is 0.323 e. The van der Waals surface area contributed by atoms with Crippen molar-refractivity contribution in [1.82, 2.24) is 8.85 Å². The van der Waals surface area contributed by atoms with Crippen molar-refractivity contribution in [1.29, 1.82) is 0 Å². The van der Waals surface area contributed by atoms with E-state index in [-0.39, 0.29) is 6.03 Å². The number of unbranched alkanes of at least 4 members (excludes halogenated alkanes) is 1. The molecule has 0 saturated carbocycles. The van der Waals surface area contributed by atoms with Gasteiger partial charge in [0.15, 0.2) is 0 Å². The van der Waals surface area contributed by atoms with E-state index in [1.807, 2.05) is 28.9 Å². The molecule has 0 bridgehead atoms. The first-order chi connectivity index (χ1) is 7.33. The molecule has 2 amide bonds. The number of benzene rings is 1. The zero-order valence-electron chi connectivity index (χ0n) is 8.50. The van der Waals surface area contributed by atoms with Crippen molar-refractivity contribution < 1.29 is 4.79 Å². The van der Waals surface area contributed by atoms with Crippen LogP contribution < -0.4 is 8.85 Å². The summed E-state index contributed by atoms with van der Waals surface area (Å²) in [4.78, 5) is 10.8. The van der Waals surface area contributed by atoms with E-state index in [9.17, 15) is 4.79 Å². The SMILES string of the molecule is O=C(NI)NCCCCc1ccccc1. The van der Waals surface area contributed by atoms with E-state index in [1.165, 1.54) is 5.56 Å². The molecule has 0 atom stereocenters. The van der Waals surface area contributed by atoms with Gasteiger partial charge in [0.25, 0.3) is 0 Å². The van der Waals surface area contributed by atoms with Gasteiger partial charge in [0.2, 0.25) is 0 Å². The Morgan fingerprint density at radius 2 is 1.93 bits per heavy atom. The van der Waals surface area contributed by atoms with E-state index in [2.05, 4.69) is 33.1 Å². The monoisotopic (exact) mass is 318 g/mol. The average molecular weight is 318 g/mol. The van der Waals surface area contributed by atoms with Crippen LogP contribution in [0.1, 0.15) is 18.4 Å². The first-order valence-electron chi connectivity index (χ1n) is 5.01. The predicted molar refractivity (Wildman–Crippen MR) is 69.9 cm³/mol. The predicted octanol–water partition coefficient (Wildman–Crippen LogP) is 2.66. The zero-order valence-corrected chi connectivity index (χ0v) is 10.7. The minimum atomic E-state index is -0.115. The molecular weight excluding hydrogens is 303 g/mol. The normalized spacial score (nSPS) is 9.67. The highest BCUT2D eigenvalue weighted by atomic mass is 127. The number of carbonyl (C=O) groups is 1. The Hall–Kier alpha value is -0.780. The molecule has 1 aromatic carbocycles. The van der Waals surface area contributed by atoms with Crippen molar-refractivity contribution in [3.05, 3.63) is 35.9 Å². The Bertz CT molecular complexity index is 290. The Kier molecular flexibility index (Phi) is 6.15. The van der Waals surface area contributed by atoms with Crippen molar-refractivity contribution in [2.75, 3.05) is 6.54 Å². The molecule has 0 aromatic heterocycles. The zero-order chi connectivity index (χ0) is 10.9. The number of hydrogen-bond donors (Lipinski definition) is 2. The molecule has 4 heteroatoms. The van der Waals surface area contributed by atoms with Gasteiger partial charge in [0.1, 0.15) is 0 Å². The van der Waals surface area contributed by atoms with E-state index >= 15 is 0 Å². The quantitative estimate of drug-likeness (QED) is 0.489. The first-order valence-corrected chi connectivity index (χ1v) is 6.09. The van der Waals surface area contributed by atoms with E-state index < -0.39 is 0 Å². The summed E-state index contributed by atoms with van der Waals surface area (Å²) in [6.45, 7) is 0.738. The maximum absolute atomic E-state index is 10.8. The minimum Gasteiger partial charge on any atom is -0.338 e. The molecule has 1 aromatic rings. The van der Waals surface area contributed by atoms with Crippen LogP contribution in [0.5, 0.6) is 0 Å². The molecule has 0 unspecified atom stereocenters. The molecule has 0 spiro atoms. The molecule has 0 aliphatic heterocycles. The van der Waals surface area contributed by atoms with E-state index in [0.29, 0.717) is 0 Å². The molecule has 82 valence electrons. The highest BCUT2D eigenvalue weighted by molar-refractivity contribution is 14.1. The Morgan fingerprint density at radius 1 is 1.20 bits per heavy atom. The van der Waals surface area contributed by atoms with Gasteiger partial charge in [-0.3, -0.25) is 3.53 Å². The van der Waals surface area contributed by atoms with E-state index in [1.54, 1.807) is 0 Å². The molecule has 0 radical (unpaired) electrons. The van der Waals surface area contributed by atoms with Gasteiger partial charge in [0, 0.05) is 6.54 Å². The number of aryl methyl sites for hydroxylation is 1. The Labute approximate surface area is 104 Å². The molecular formula is C11H15IN2O. The molecule has 0 fully saturated rings. The largest absolute Gasteiger partial charge is 0.338 e. The number of amides is 2. The average Bonchev–Trinajstić information content (AvgIpc) is 2.29. The van der Waals surface area contributed by atoms with Crippen LogP contribution in [-0.2, 0) is 6.42 Å². The summed E-state index contributed by atoms with van der Waals surface area (Å²) in [5.74, 6) is 0. The smallest absolute Gasteiger partial charge is 0.323 e. The third kappa shape index (κ3) is 5.61. The molecule has 0 saturated heterocycles. The number of nitrogens with one attached hydrogen (secondary N) is 2. The molecule has 0 aliphatic carbocycles. The highest BCUT2D eigenvalue weighted by Crippen LogP contribution is 2.03. The molecule has 0 aliphatic rings. The lowest BCUT2D eigenvalue weighted by Crippen LogP contribution is -2.30. The van der Waals surface area contributed by atoms with Gasteiger partial charge in [0.05, 0.1) is 22.9 Å². The van der Waals surface area contributed by atoms with Crippen LogP contribution in [0.15, 0.2) is 30.3 Å². The number of halogens is 1. The second-order valence-electron chi connectivity index (χ2n) is 3.29. The molecule has 1 rings (SSSR count). The molecule has 0 heterocycles. The van der Waals surface area contributed by atoms with Crippen molar-refractivity contribution in [2.24, 2.45) is 0 Å². The lowest BCUT2D eigenvalue weighted by atomic mass is 10.1. The van der Waals surface area contributed by atoms with Crippen LogP contribution in [0.3, 0.4) is 0 Å². The van der Waals surface area contributed by atoms with Crippen LogP contribution in [0.4, 0.5) is 4.79 Å². The van der Waals surface area contributed by atoms with Crippen LogP contribution in [0.2, 0.25) is 0 Å². The highest BCUT2D eigenvalue weighted by Gasteiger charge is 1.95. The van der Waals surface area contributed by atoms with Gasteiger partial charge < -0.3 is 5.32 Å². The fourth-order valence-corrected chi connectivity index (χ4v) is 1.52. The van der Waals surface area contributed by atoms with Crippen molar-refractivity contribution in [2.45, 2.75) is 19.3 Å². The lowest BCUT2D eigenvalue weighted by molar-refractivity contribution is 0.247. The lowest BCUT2D eigenvalue weighted by Gasteiger charge is -2.03. The van der Waals surface area contributed by atoms with Crippen LogP contribution in [0.25, 0.3) is 0 Å². The number of carbonyl (C=O) groups excluding carboxylic acids is 1. The van der Waals surface area contributed by atoms with Gasteiger partial charge in [-0.1, -0.05) is 30.3 Å². The van der Waals surface area contributed by atoms with Gasteiger partial charge in [-0.15, -0.1) is 0 Å². The second-order valence-corrected chi connectivity index (χ2v) is 3.83. The summed E-state index contributed by atoms with van der Waals surface area (Å²) in [6, 6.07) is 10.3. The van der Waals surface area contributed by atoms with E-state index in [4.69, 9.17) is 0 Å². The standard InChI is InChI=1S/C11H15IN2O/c12-14-11(15)13-9-5-4-8-10-6-2-1-3-7-10/h1-3,6-7H,4-5,8-9H2,(H2,13,14,15). The number of urea groups is 1. The van der Waals surface area contributed by atoms with Gasteiger partial charge in [-0.05, 0) is 24.8 Å². The molecule has 3 nitrogen and oxygen atoms in total. The second kappa shape index (κ2) is 7.50. The maximum atomic E-state index is 10.8. The summed E-state index contributed by atoms with van der Waals surface area (Å²) < 4.78 is 2.49. The fourth-order valence-electron chi connectivity index (χ4n) is 1.33.